The van der Waals surface area contributed by atoms with Gasteiger partial charge < -0.3 is 19.5 Å². The van der Waals surface area contributed by atoms with Crippen molar-refractivity contribution in [1.29, 1.82) is 0 Å². The van der Waals surface area contributed by atoms with E-state index in [-0.39, 0.29) is 5.91 Å². The van der Waals surface area contributed by atoms with Crippen LogP contribution in [0, 0.1) is 0 Å². The molecule has 0 unspecified atom stereocenters. The van der Waals surface area contributed by atoms with E-state index in [0.717, 1.165) is 18.6 Å². The highest BCUT2D eigenvalue weighted by atomic mass is 16.5. The lowest BCUT2D eigenvalue weighted by Gasteiger charge is -2.14. The fourth-order valence-corrected chi connectivity index (χ4v) is 2.35. The topological polar surface area (TPSA) is 56.8 Å². The van der Waals surface area contributed by atoms with E-state index < -0.39 is 0 Å². The number of hydrogen-bond acceptors (Lipinski definition) is 4. The molecule has 0 aliphatic rings. The van der Waals surface area contributed by atoms with E-state index in [1.807, 2.05) is 37.3 Å². The molecule has 0 spiro atoms. The molecule has 0 saturated carbocycles. The Bertz CT molecular complexity index is 673. The molecule has 140 valence electrons. The SMILES string of the molecule is CCCCNC(=O)c1ccc(OCCOc2ccccc2)c(OCC)c1. The van der Waals surface area contributed by atoms with Crippen molar-refractivity contribution in [2.24, 2.45) is 0 Å². The summed E-state index contributed by atoms with van der Waals surface area (Å²) < 4.78 is 17.0. The van der Waals surface area contributed by atoms with Gasteiger partial charge in [-0.3, -0.25) is 4.79 Å². The Labute approximate surface area is 155 Å². The number of para-hydroxylation sites is 1. The smallest absolute Gasteiger partial charge is 0.251 e. The third kappa shape index (κ3) is 6.31. The Morgan fingerprint density at radius 1 is 0.923 bits per heavy atom. The van der Waals surface area contributed by atoms with Gasteiger partial charge in [0.25, 0.3) is 5.91 Å². The minimum absolute atomic E-state index is 0.0987. The summed E-state index contributed by atoms with van der Waals surface area (Å²) in [5.41, 5.74) is 0.567. The number of unbranched alkanes of at least 4 members (excludes halogenated alkanes) is 1. The number of carbonyl (C=O) groups is 1. The first-order chi connectivity index (χ1) is 12.7. The summed E-state index contributed by atoms with van der Waals surface area (Å²) in [4.78, 5) is 12.2. The van der Waals surface area contributed by atoms with Gasteiger partial charge in [-0.25, -0.2) is 0 Å². The van der Waals surface area contributed by atoms with Crippen molar-refractivity contribution < 1.29 is 19.0 Å². The molecule has 0 aliphatic carbocycles. The predicted octanol–water partition coefficient (Wildman–Crippen LogP) is 4.07. The monoisotopic (exact) mass is 357 g/mol. The van der Waals surface area contributed by atoms with Crippen LogP contribution in [0.25, 0.3) is 0 Å². The quantitative estimate of drug-likeness (QED) is 0.616. The first kappa shape index (κ1) is 19.6. The maximum Gasteiger partial charge on any atom is 0.251 e. The molecule has 0 saturated heterocycles. The molecule has 1 N–H and O–H groups in total. The lowest BCUT2D eigenvalue weighted by atomic mass is 10.2. The summed E-state index contributed by atoms with van der Waals surface area (Å²) >= 11 is 0. The first-order valence-corrected chi connectivity index (χ1v) is 9.10. The molecule has 5 heteroatoms. The number of nitrogens with one attached hydrogen (secondary N) is 1. The fraction of sp³-hybridized carbons (Fsp3) is 0.381. The second kappa shape index (κ2) is 11.0. The highest BCUT2D eigenvalue weighted by Crippen LogP contribution is 2.28. The minimum atomic E-state index is -0.0987. The lowest BCUT2D eigenvalue weighted by Crippen LogP contribution is -2.24. The van der Waals surface area contributed by atoms with E-state index in [9.17, 15) is 4.79 Å². The van der Waals surface area contributed by atoms with Crippen LogP contribution in [0.15, 0.2) is 48.5 Å². The second-order valence-electron chi connectivity index (χ2n) is 5.71. The first-order valence-electron chi connectivity index (χ1n) is 9.10. The summed E-state index contributed by atoms with van der Waals surface area (Å²) in [7, 11) is 0. The van der Waals surface area contributed by atoms with Gasteiger partial charge in [-0.05, 0) is 43.7 Å². The van der Waals surface area contributed by atoms with E-state index >= 15 is 0 Å². The summed E-state index contributed by atoms with van der Waals surface area (Å²) in [5, 5.41) is 2.90. The molecule has 0 fully saturated rings. The van der Waals surface area contributed by atoms with Crippen LogP contribution in [0.1, 0.15) is 37.0 Å². The van der Waals surface area contributed by atoms with Crippen molar-refractivity contribution in [3.05, 3.63) is 54.1 Å². The zero-order valence-corrected chi connectivity index (χ0v) is 15.5. The molecule has 0 aliphatic heterocycles. The Morgan fingerprint density at radius 3 is 2.42 bits per heavy atom. The van der Waals surface area contributed by atoms with E-state index in [4.69, 9.17) is 14.2 Å². The molecule has 0 bridgehead atoms. The van der Waals surface area contributed by atoms with Crippen LogP contribution in [0.4, 0.5) is 0 Å². The molecule has 0 atom stereocenters. The fourth-order valence-electron chi connectivity index (χ4n) is 2.35. The largest absolute Gasteiger partial charge is 0.490 e. The minimum Gasteiger partial charge on any atom is -0.490 e. The van der Waals surface area contributed by atoms with Gasteiger partial charge in [-0.2, -0.15) is 0 Å². The summed E-state index contributed by atoms with van der Waals surface area (Å²) in [5.74, 6) is 1.88. The Balaban J connectivity index is 1.91. The third-order valence-corrected chi connectivity index (χ3v) is 3.67. The normalized spacial score (nSPS) is 10.2. The molecular weight excluding hydrogens is 330 g/mol. The lowest BCUT2D eigenvalue weighted by molar-refractivity contribution is 0.0952. The zero-order chi connectivity index (χ0) is 18.6. The van der Waals surface area contributed by atoms with Crippen LogP contribution in [-0.4, -0.2) is 32.3 Å². The molecule has 2 aromatic rings. The molecule has 5 nitrogen and oxygen atoms in total. The molecule has 0 heterocycles. The van der Waals surface area contributed by atoms with Crippen molar-refractivity contribution in [3.63, 3.8) is 0 Å². The van der Waals surface area contributed by atoms with Crippen LogP contribution in [0.5, 0.6) is 17.2 Å². The highest BCUT2D eigenvalue weighted by molar-refractivity contribution is 5.94. The maximum absolute atomic E-state index is 12.2. The molecule has 1 amide bonds. The molecular formula is C21H27NO4. The van der Waals surface area contributed by atoms with Gasteiger partial charge >= 0.3 is 0 Å². The van der Waals surface area contributed by atoms with Gasteiger partial charge in [-0.15, -0.1) is 0 Å². The van der Waals surface area contributed by atoms with Crippen molar-refractivity contribution in [1.82, 2.24) is 5.32 Å². The molecule has 2 rings (SSSR count). The van der Waals surface area contributed by atoms with Gasteiger partial charge in [0.1, 0.15) is 19.0 Å². The molecule has 26 heavy (non-hydrogen) atoms. The van der Waals surface area contributed by atoms with Crippen LogP contribution in [0.3, 0.4) is 0 Å². The zero-order valence-electron chi connectivity index (χ0n) is 15.5. The Morgan fingerprint density at radius 2 is 1.69 bits per heavy atom. The molecule has 0 aromatic heterocycles. The number of ether oxygens (including phenoxy) is 3. The second-order valence-corrected chi connectivity index (χ2v) is 5.71. The summed E-state index contributed by atoms with van der Waals surface area (Å²) in [6.45, 7) is 5.97. The van der Waals surface area contributed by atoms with E-state index in [1.165, 1.54) is 0 Å². The average molecular weight is 357 g/mol. The standard InChI is InChI=1S/C21H27NO4/c1-3-5-13-22-21(23)17-11-12-19(20(16-17)24-4-2)26-15-14-25-18-9-7-6-8-10-18/h6-12,16H,3-5,13-15H2,1-2H3,(H,22,23). The summed E-state index contributed by atoms with van der Waals surface area (Å²) in [6.07, 6.45) is 2.01. The molecule has 0 radical (unpaired) electrons. The summed E-state index contributed by atoms with van der Waals surface area (Å²) in [6, 6.07) is 14.8. The average Bonchev–Trinajstić information content (AvgIpc) is 2.67. The van der Waals surface area contributed by atoms with Crippen LogP contribution in [0.2, 0.25) is 0 Å². The van der Waals surface area contributed by atoms with Gasteiger partial charge in [0.05, 0.1) is 6.61 Å². The van der Waals surface area contributed by atoms with E-state index in [1.54, 1.807) is 18.2 Å². The van der Waals surface area contributed by atoms with Crippen molar-refractivity contribution in [3.8, 4) is 17.2 Å². The number of rotatable bonds is 11. The molecule has 2 aromatic carbocycles. The number of hydrogen-bond donors (Lipinski definition) is 1. The van der Waals surface area contributed by atoms with Crippen LogP contribution >= 0.6 is 0 Å². The van der Waals surface area contributed by atoms with Crippen molar-refractivity contribution in [2.45, 2.75) is 26.7 Å². The highest BCUT2D eigenvalue weighted by Gasteiger charge is 2.11. The van der Waals surface area contributed by atoms with Crippen molar-refractivity contribution in [2.75, 3.05) is 26.4 Å². The van der Waals surface area contributed by atoms with E-state index in [2.05, 4.69) is 12.2 Å². The Kier molecular flexibility index (Phi) is 8.33. The van der Waals surface area contributed by atoms with Gasteiger partial charge in [0, 0.05) is 12.1 Å². The van der Waals surface area contributed by atoms with Gasteiger partial charge in [0.15, 0.2) is 11.5 Å². The van der Waals surface area contributed by atoms with Gasteiger partial charge in [-0.1, -0.05) is 31.5 Å². The van der Waals surface area contributed by atoms with E-state index in [0.29, 0.717) is 43.4 Å². The predicted molar refractivity (Wildman–Crippen MR) is 102 cm³/mol. The van der Waals surface area contributed by atoms with Gasteiger partial charge in [0.2, 0.25) is 0 Å². The maximum atomic E-state index is 12.2. The number of amides is 1. The number of carbonyl (C=O) groups excluding carboxylic acids is 1. The third-order valence-electron chi connectivity index (χ3n) is 3.67. The number of benzene rings is 2. The Hall–Kier alpha value is -2.69. The van der Waals surface area contributed by atoms with Crippen LogP contribution in [-0.2, 0) is 0 Å². The van der Waals surface area contributed by atoms with Crippen molar-refractivity contribution >= 4 is 5.91 Å². The van der Waals surface area contributed by atoms with Crippen LogP contribution < -0.4 is 19.5 Å².